The van der Waals surface area contributed by atoms with Crippen molar-refractivity contribution in [2.75, 3.05) is 10.6 Å². The SMILES string of the molecule is CC.CCCCC(=O)Nc1cc(C(=O)Nc2ccccc2)cc([N+](=O)[O-])c1. The smallest absolute Gasteiger partial charge is 0.272 e. The summed E-state index contributed by atoms with van der Waals surface area (Å²) in [5.41, 5.74) is 0.649. The van der Waals surface area contributed by atoms with Gasteiger partial charge in [0.15, 0.2) is 0 Å². The van der Waals surface area contributed by atoms with E-state index in [1.54, 1.807) is 24.3 Å². The fourth-order valence-corrected chi connectivity index (χ4v) is 2.21. The number of nitro benzene ring substituents is 1. The number of nitro groups is 1. The number of hydrogen-bond acceptors (Lipinski definition) is 4. The molecule has 27 heavy (non-hydrogen) atoms. The third-order valence-corrected chi connectivity index (χ3v) is 3.46. The van der Waals surface area contributed by atoms with E-state index in [0.717, 1.165) is 12.8 Å². The zero-order valence-corrected chi connectivity index (χ0v) is 15.8. The van der Waals surface area contributed by atoms with Crippen LogP contribution in [0.25, 0.3) is 0 Å². The third-order valence-electron chi connectivity index (χ3n) is 3.46. The number of benzene rings is 2. The van der Waals surface area contributed by atoms with Crippen LogP contribution in [-0.2, 0) is 4.79 Å². The van der Waals surface area contributed by atoms with E-state index in [2.05, 4.69) is 10.6 Å². The Balaban J connectivity index is 0.00000176. The first-order chi connectivity index (χ1) is 13.0. The predicted molar refractivity (Wildman–Crippen MR) is 107 cm³/mol. The fourth-order valence-electron chi connectivity index (χ4n) is 2.21. The molecule has 144 valence electrons. The second-order valence-corrected chi connectivity index (χ2v) is 5.50. The van der Waals surface area contributed by atoms with Crippen molar-refractivity contribution in [3.05, 3.63) is 64.2 Å². The van der Waals surface area contributed by atoms with Gasteiger partial charge in [0.2, 0.25) is 5.91 Å². The summed E-state index contributed by atoms with van der Waals surface area (Å²) in [7, 11) is 0. The fraction of sp³-hybridized carbons (Fsp3) is 0.300. The van der Waals surface area contributed by atoms with Crippen molar-refractivity contribution >= 4 is 28.9 Å². The second kappa shape index (κ2) is 11.4. The van der Waals surface area contributed by atoms with Crippen molar-refractivity contribution < 1.29 is 14.5 Å². The van der Waals surface area contributed by atoms with Crippen molar-refractivity contribution in [1.29, 1.82) is 0 Å². The van der Waals surface area contributed by atoms with Crippen LogP contribution < -0.4 is 10.6 Å². The maximum Gasteiger partial charge on any atom is 0.272 e. The first-order valence-electron chi connectivity index (χ1n) is 8.95. The van der Waals surface area contributed by atoms with Crippen LogP contribution in [0.15, 0.2) is 48.5 Å². The first-order valence-corrected chi connectivity index (χ1v) is 8.95. The number of amides is 2. The number of anilines is 2. The van der Waals surface area contributed by atoms with Crippen LogP contribution in [0, 0.1) is 10.1 Å². The Morgan fingerprint density at radius 2 is 1.67 bits per heavy atom. The Labute approximate surface area is 158 Å². The van der Waals surface area contributed by atoms with Gasteiger partial charge in [-0.3, -0.25) is 19.7 Å². The van der Waals surface area contributed by atoms with E-state index in [0.29, 0.717) is 12.1 Å². The standard InChI is InChI=1S/C18H19N3O4.C2H6/c1-2-3-9-17(22)19-15-10-13(11-16(12-15)21(24)25)18(23)20-14-7-5-4-6-8-14;1-2/h4-8,10-12H,2-3,9H2,1H3,(H,19,22)(H,20,23);1-2H3. The Bertz CT molecular complexity index is 776. The number of rotatable bonds is 7. The van der Waals surface area contributed by atoms with Crippen LogP contribution in [0.1, 0.15) is 50.4 Å². The summed E-state index contributed by atoms with van der Waals surface area (Å²) in [6.07, 6.45) is 1.92. The zero-order chi connectivity index (χ0) is 20.2. The lowest BCUT2D eigenvalue weighted by Gasteiger charge is -2.09. The molecular formula is C20H25N3O4. The summed E-state index contributed by atoms with van der Waals surface area (Å²) in [6, 6.07) is 12.6. The highest BCUT2D eigenvalue weighted by atomic mass is 16.6. The summed E-state index contributed by atoms with van der Waals surface area (Å²) in [4.78, 5) is 34.7. The Kier molecular flexibility index (Phi) is 9.22. The maximum atomic E-state index is 12.4. The van der Waals surface area contributed by atoms with Crippen LogP contribution in [0.3, 0.4) is 0 Å². The summed E-state index contributed by atoms with van der Waals surface area (Å²) < 4.78 is 0. The number of carbonyl (C=O) groups excluding carboxylic acids is 2. The van der Waals surface area contributed by atoms with Crippen molar-refractivity contribution in [3.63, 3.8) is 0 Å². The van der Waals surface area contributed by atoms with E-state index >= 15 is 0 Å². The quantitative estimate of drug-likeness (QED) is 0.528. The van der Waals surface area contributed by atoms with Gasteiger partial charge in [-0.1, -0.05) is 45.4 Å². The van der Waals surface area contributed by atoms with Crippen molar-refractivity contribution in [3.8, 4) is 0 Å². The molecule has 0 radical (unpaired) electrons. The highest BCUT2D eigenvalue weighted by molar-refractivity contribution is 6.06. The molecule has 0 bridgehead atoms. The molecule has 0 heterocycles. The van der Waals surface area contributed by atoms with Crippen LogP contribution in [-0.4, -0.2) is 16.7 Å². The van der Waals surface area contributed by atoms with Crippen LogP contribution in [0.2, 0.25) is 0 Å². The summed E-state index contributed by atoms with van der Waals surface area (Å²) in [5, 5.41) is 16.4. The van der Waals surface area contributed by atoms with Gasteiger partial charge in [0.25, 0.3) is 11.6 Å². The van der Waals surface area contributed by atoms with E-state index in [4.69, 9.17) is 0 Å². The van der Waals surface area contributed by atoms with Gasteiger partial charge in [-0.15, -0.1) is 0 Å². The molecule has 0 atom stereocenters. The molecular weight excluding hydrogens is 346 g/mol. The average molecular weight is 371 g/mol. The van der Waals surface area contributed by atoms with Crippen LogP contribution in [0.4, 0.5) is 17.1 Å². The number of unbranched alkanes of at least 4 members (excludes halogenated alkanes) is 1. The molecule has 0 saturated heterocycles. The molecule has 0 spiro atoms. The topological polar surface area (TPSA) is 101 Å². The lowest BCUT2D eigenvalue weighted by atomic mass is 10.1. The lowest BCUT2D eigenvalue weighted by Crippen LogP contribution is -2.15. The minimum absolute atomic E-state index is 0.101. The van der Waals surface area contributed by atoms with Gasteiger partial charge in [0, 0.05) is 35.5 Å². The number of hydrogen-bond donors (Lipinski definition) is 2. The van der Waals surface area contributed by atoms with Crippen LogP contribution in [0.5, 0.6) is 0 Å². The first kappa shape index (κ1) is 21.8. The average Bonchev–Trinajstić information content (AvgIpc) is 2.68. The maximum absolute atomic E-state index is 12.4. The van der Waals surface area contributed by atoms with Gasteiger partial charge in [0.05, 0.1) is 4.92 Å². The van der Waals surface area contributed by atoms with Gasteiger partial charge in [-0.05, 0) is 24.6 Å². The van der Waals surface area contributed by atoms with E-state index in [1.165, 1.54) is 18.2 Å². The molecule has 0 aliphatic rings. The number of nitrogens with zero attached hydrogens (tertiary/aromatic N) is 1. The number of para-hydroxylation sites is 1. The molecule has 2 amide bonds. The van der Waals surface area contributed by atoms with E-state index in [1.807, 2.05) is 26.8 Å². The molecule has 2 rings (SSSR count). The van der Waals surface area contributed by atoms with Gasteiger partial charge in [0.1, 0.15) is 0 Å². The monoisotopic (exact) mass is 371 g/mol. The molecule has 0 aliphatic carbocycles. The molecule has 7 nitrogen and oxygen atoms in total. The molecule has 2 aromatic carbocycles. The van der Waals surface area contributed by atoms with E-state index in [-0.39, 0.29) is 22.8 Å². The van der Waals surface area contributed by atoms with Crippen molar-refractivity contribution in [2.24, 2.45) is 0 Å². The normalized spacial score (nSPS) is 9.59. The second-order valence-electron chi connectivity index (χ2n) is 5.50. The predicted octanol–water partition coefficient (Wildman–Crippen LogP) is 5.00. The van der Waals surface area contributed by atoms with Crippen molar-refractivity contribution in [2.45, 2.75) is 40.0 Å². The lowest BCUT2D eigenvalue weighted by molar-refractivity contribution is -0.384. The highest BCUT2D eigenvalue weighted by Crippen LogP contribution is 2.22. The van der Waals surface area contributed by atoms with Crippen molar-refractivity contribution in [1.82, 2.24) is 0 Å². The van der Waals surface area contributed by atoms with Gasteiger partial charge < -0.3 is 10.6 Å². The number of non-ortho nitro benzene ring substituents is 1. The summed E-state index contributed by atoms with van der Waals surface area (Å²) in [5.74, 6) is -0.726. The van der Waals surface area contributed by atoms with E-state index in [9.17, 15) is 19.7 Å². The minimum Gasteiger partial charge on any atom is -0.326 e. The molecule has 0 saturated carbocycles. The Morgan fingerprint density at radius 1 is 1.00 bits per heavy atom. The number of carbonyl (C=O) groups is 2. The summed E-state index contributed by atoms with van der Waals surface area (Å²) in [6.45, 7) is 5.96. The molecule has 0 aromatic heterocycles. The number of nitrogens with one attached hydrogen (secondary N) is 2. The van der Waals surface area contributed by atoms with E-state index < -0.39 is 10.8 Å². The van der Waals surface area contributed by atoms with Gasteiger partial charge in [-0.25, -0.2) is 0 Å². The highest BCUT2D eigenvalue weighted by Gasteiger charge is 2.16. The Hall–Kier alpha value is -3.22. The molecule has 2 aromatic rings. The minimum atomic E-state index is -0.596. The third kappa shape index (κ3) is 7.27. The molecule has 0 aliphatic heterocycles. The van der Waals surface area contributed by atoms with Gasteiger partial charge in [-0.2, -0.15) is 0 Å². The Morgan fingerprint density at radius 3 is 2.26 bits per heavy atom. The van der Waals surface area contributed by atoms with Gasteiger partial charge >= 0.3 is 0 Å². The molecule has 7 heteroatoms. The molecule has 0 fully saturated rings. The zero-order valence-electron chi connectivity index (χ0n) is 15.8. The molecule has 0 unspecified atom stereocenters. The molecule has 2 N–H and O–H groups in total. The summed E-state index contributed by atoms with van der Waals surface area (Å²) >= 11 is 0. The van der Waals surface area contributed by atoms with Crippen LogP contribution >= 0.6 is 0 Å². The largest absolute Gasteiger partial charge is 0.326 e.